The first-order valence-electron chi connectivity index (χ1n) is 11.8. The van der Waals surface area contributed by atoms with Crippen LogP contribution in [0.3, 0.4) is 0 Å². The Hall–Kier alpha value is -3.41. The summed E-state index contributed by atoms with van der Waals surface area (Å²) in [6, 6.07) is 6.01. The number of piperazine rings is 1. The molecule has 0 N–H and O–H groups in total. The number of rotatable bonds is 5. The third-order valence-electron chi connectivity index (χ3n) is 6.58. The first kappa shape index (κ1) is 24.3. The predicted molar refractivity (Wildman–Crippen MR) is 126 cm³/mol. The fraction of sp³-hybridized carbons (Fsp3) is 0.500. The van der Waals surface area contributed by atoms with Gasteiger partial charge in [0.05, 0.1) is 11.7 Å². The molecule has 1 atom stereocenters. The maximum Gasteiger partial charge on any atom is 0.414 e. The number of hydrogen-bond donors (Lipinski definition) is 0. The maximum atomic E-state index is 13.2. The molecule has 3 aromatic rings. The Morgan fingerprint density at radius 2 is 1.83 bits per heavy atom. The number of alkyl halides is 3. The lowest BCUT2D eigenvalue weighted by molar-refractivity contribution is -0.228. The van der Waals surface area contributed by atoms with Gasteiger partial charge < -0.3 is 23.9 Å². The van der Waals surface area contributed by atoms with Gasteiger partial charge in [-0.05, 0) is 44.5 Å². The van der Waals surface area contributed by atoms with Crippen LogP contribution in [0.4, 0.5) is 25.0 Å². The van der Waals surface area contributed by atoms with E-state index in [1.54, 1.807) is 17.2 Å². The second-order valence-electron chi connectivity index (χ2n) is 9.25. The Bertz CT molecular complexity index is 1270. The molecule has 2 aliphatic rings. The van der Waals surface area contributed by atoms with Crippen LogP contribution in [-0.2, 0) is 4.74 Å². The number of carbonyl (C=O) groups excluding carboxylic acids is 1. The van der Waals surface area contributed by atoms with Gasteiger partial charge in [-0.15, -0.1) is 0 Å². The van der Waals surface area contributed by atoms with Crippen molar-refractivity contribution in [1.29, 1.82) is 0 Å². The number of amides is 1. The fourth-order valence-electron chi connectivity index (χ4n) is 4.32. The van der Waals surface area contributed by atoms with Crippen molar-refractivity contribution in [3.05, 3.63) is 41.2 Å². The average molecular weight is 505 g/mol. The van der Waals surface area contributed by atoms with E-state index < -0.39 is 18.4 Å². The van der Waals surface area contributed by atoms with E-state index in [9.17, 15) is 18.0 Å². The van der Waals surface area contributed by atoms with E-state index in [4.69, 9.17) is 9.15 Å². The van der Waals surface area contributed by atoms with Crippen LogP contribution in [0.1, 0.15) is 28.5 Å². The molecule has 2 aliphatic heterocycles. The molecule has 0 spiro atoms. The van der Waals surface area contributed by atoms with Crippen molar-refractivity contribution in [2.45, 2.75) is 39.2 Å². The van der Waals surface area contributed by atoms with Crippen molar-refractivity contribution in [2.24, 2.45) is 0 Å². The molecule has 0 saturated carbocycles. The minimum atomic E-state index is -4.37. The molecule has 36 heavy (non-hydrogen) atoms. The molecule has 1 unspecified atom stereocenters. The second kappa shape index (κ2) is 9.23. The van der Waals surface area contributed by atoms with E-state index in [0.29, 0.717) is 67.9 Å². The van der Waals surface area contributed by atoms with Gasteiger partial charge in [0.2, 0.25) is 5.65 Å². The van der Waals surface area contributed by atoms with Crippen LogP contribution >= 0.6 is 0 Å². The van der Waals surface area contributed by atoms with Crippen molar-refractivity contribution in [1.82, 2.24) is 19.9 Å². The van der Waals surface area contributed by atoms with Crippen LogP contribution in [0.25, 0.3) is 11.2 Å². The number of nitrogens with zero attached hydrogens (tertiary/aromatic N) is 6. The van der Waals surface area contributed by atoms with Gasteiger partial charge in [0, 0.05) is 51.2 Å². The number of ether oxygens (including phenoxy) is 1. The third kappa shape index (κ3) is 4.81. The number of oxazole rings is 1. The summed E-state index contributed by atoms with van der Waals surface area (Å²) in [6.45, 7) is 7.57. The minimum absolute atomic E-state index is 0.107. The molecular weight excluding hydrogens is 477 g/mol. The molecule has 9 nitrogen and oxygen atoms in total. The molecule has 0 bridgehead atoms. The summed E-state index contributed by atoms with van der Waals surface area (Å²) >= 11 is 0. The van der Waals surface area contributed by atoms with E-state index in [1.807, 2.05) is 35.8 Å². The van der Waals surface area contributed by atoms with Gasteiger partial charge in [-0.1, -0.05) is 0 Å². The summed E-state index contributed by atoms with van der Waals surface area (Å²) in [6.07, 6.45) is -5.13. The smallest absolute Gasteiger partial charge is 0.414 e. The molecule has 3 aromatic heterocycles. The highest BCUT2D eigenvalue weighted by atomic mass is 19.4. The maximum absolute atomic E-state index is 13.2. The van der Waals surface area contributed by atoms with Crippen LogP contribution in [0, 0.1) is 13.8 Å². The quantitative estimate of drug-likeness (QED) is 0.523. The average Bonchev–Trinajstić information content (AvgIpc) is 3.23. The van der Waals surface area contributed by atoms with Crippen LogP contribution in [0.15, 0.2) is 28.8 Å². The van der Waals surface area contributed by atoms with Crippen LogP contribution in [-0.4, -0.2) is 83.4 Å². The molecule has 0 aliphatic carbocycles. The number of fused-ring (bicyclic) bond motifs is 1. The molecule has 5 heterocycles. The topological polar surface area (TPSA) is 87.8 Å². The molecule has 2 saturated heterocycles. The fourth-order valence-corrected chi connectivity index (χ4v) is 4.32. The van der Waals surface area contributed by atoms with E-state index >= 15 is 0 Å². The van der Waals surface area contributed by atoms with Gasteiger partial charge in [0.15, 0.2) is 11.7 Å². The van der Waals surface area contributed by atoms with Crippen molar-refractivity contribution in [2.75, 3.05) is 49.1 Å². The summed E-state index contributed by atoms with van der Waals surface area (Å²) in [4.78, 5) is 32.0. The molecule has 1 amide bonds. The SMILES string of the molecule is Cc1ccc2oc(N3CCN(C(=O)c4cnc(N5CC(OC(C)C(F)(F)F)C5)cc4C)CC3)nc2n1. The van der Waals surface area contributed by atoms with Crippen molar-refractivity contribution in [3.8, 4) is 0 Å². The first-order valence-corrected chi connectivity index (χ1v) is 11.8. The van der Waals surface area contributed by atoms with E-state index in [1.165, 1.54) is 0 Å². The summed E-state index contributed by atoms with van der Waals surface area (Å²) in [7, 11) is 0. The Morgan fingerprint density at radius 1 is 1.11 bits per heavy atom. The number of hydrogen-bond acceptors (Lipinski definition) is 8. The second-order valence-corrected chi connectivity index (χ2v) is 9.25. The molecule has 12 heteroatoms. The van der Waals surface area contributed by atoms with Crippen molar-refractivity contribution >= 4 is 29.0 Å². The van der Waals surface area contributed by atoms with Gasteiger partial charge in [-0.2, -0.15) is 18.2 Å². The Morgan fingerprint density at radius 3 is 2.50 bits per heavy atom. The monoisotopic (exact) mass is 504 g/mol. The van der Waals surface area contributed by atoms with Crippen LogP contribution < -0.4 is 9.80 Å². The number of aromatic nitrogens is 3. The number of halogens is 3. The highest BCUT2D eigenvalue weighted by Gasteiger charge is 2.41. The minimum Gasteiger partial charge on any atom is -0.422 e. The van der Waals surface area contributed by atoms with Gasteiger partial charge in [0.1, 0.15) is 5.82 Å². The lowest BCUT2D eigenvalue weighted by Gasteiger charge is -2.41. The molecule has 2 fully saturated rings. The van der Waals surface area contributed by atoms with Crippen LogP contribution in [0.5, 0.6) is 0 Å². The van der Waals surface area contributed by atoms with E-state index in [-0.39, 0.29) is 5.91 Å². The Kier molecular flexibility index (Phi) is 6.23. The predicted octanol–water partition coefficient (Wildman–Crippen LogP) is 3.35. The van der Waals surface area contributed by atoms with Gasteiger partial charge in [-0.3, -0.25) is 4.79 Å². The lowest BCUT2D eigenvalue weighted by Crippen LogP contribution is -2.55. The van der Waals surface area contributed by atoms with E-state index in [2.05, 4.69) is 15.0 Å². The van der Waals surface area contributed by atoms with Crippen molar-refractivity contribution < 1.29 is 27.1 Å². The molecule has 192 valence electrons. The summed E-state index contributed by atoms with van der Waals surface area (Å²) < 4.78 is 48.9. The molecule has 0 aromatic carbocycles. The third-order valence-corrected chi connectivity index (χ3v) is 6.58. The normalized spacial score (nSPS) is 18.0. The van der Waals surface area contributed by atoms with Crippen LogP contribution in [0.2, 0.25) is 0 Å². The standard InChI is InChI=1S/C24H27F3N6O3/c1-14-10-20(33-12-17(13-33)35-16(3)24(25,26)27)28-11-18(14)22(34)31-6-8-32(9-7-31)23-30-21-19(36-23)5-4-15(2)29-21/h4-5,10-11,16-17H,6-9,12-13H2,1-3H3. The van der Waals surface area contributed by atoms with Gasteiger partial charge in [0.25, 0.3) is 11.9 Å². The van der Waals surface area contributed by atoms with E-state index in [0.717, 1.165) is 18.2 Å². The summed E-state index contributed by atoms with van der Waals surface area (Å²) in [5, 5.41) is 0. The zero-order valence-corrected chi connectivity index (χ0v) is 20.2. The van der Waals surface area contributed by atoms with Gasteiger partial charge >= 0.3 is 6.18 Å². The first-order chi connectivity index (χ1) is 17.1. The number of pyridine rings is 2. The summed E-state index contributed by atoms with van der Waals surface area (Å²) in [5.74, 6) is 0.512. The Labute approximate surface area is 205 Å². The Balaban J connectivity index is 1.17. The zero-order valence-electron chi connectivity index (χ0n) is 20.2. The largest absolute Gasteiger partial charge is 0.422 e. The highest BCUT2D eigenvalue weighted by Crippen LogP contribution is 2.28. The summed E-state index contributed by atoms with van der Waals surface area (Å²) in [5.41, 5.74) is 3.34. The number of aryl methyl sites for hydroxylation is 2. The van der Waals surface area contributed by atoms with Gasteiger partial charge in [-0.25, -0.2) is 9.97 Å². The molecule has 0 radical (unpaired) electrons. The molecular formula is C24H27F3N6O3. The molecule has 5 rings (SSSR count). The number of carbonyl (C=O) groups is 1. The number of anilines is 2. The van der Waals surface area contributed by atoms with Crippen molar-refractivity contribution in [3.63, 3.8) is 0 Å². The highest BCUT2D eigenvalue weighted by molar-refractivity contribution is 5.95. The zero-order chi connectivity index (χ0) is 25.6. The lowest BCUT2D eigenvalue weighted by atomic mass is 10.1.